The van der Waals surface area contributed by atoms with Crippen LogP contribution in [0.1, 0.15) is 24.9 Å². The Balaban J connectivity index is 1.55. The second-order valence-corrected chi connectivity index (χ2v) is 5.13. The Kier molecular flexibility index (Phi) is 4.32. The molecule has 0 saturated heterocycles. The van der Waals surface area contributed by atoms with Gasteiger partial charge in [0.05, 0.1) is 0 Å². The summed E-state index contributed by atoms with van der Waals surface area (Å²) < 4.78 is 16.5. The van der Waals surface area contributed by atoms with Gasteiger partial charge in [-0.15, -0.1) is 0 Å². The number of benzene rings is 1. The average Bonchev–Trinajstić information content (AvgIpc) is 3.01. The van der Waals surface area contributed by atoms with Gasteiger partial charge in [0, 0.05) is 31.0 Å². The van der Waals surface area contributed by atoms with Crippen LogP contribution in [-0.4, -0.2) is 19.1 Å². The SMILES string of the molecule is CCc1ccc(CCC(=O)Nc2ccc3c(c2)OCCO3)o1. The van der Waals surface area contributed by atoms with E-state index in [0.29, 0.717) is 43.2 Å². The molecular weight excluding hydrogens is 282 g/mol. The molecule has 0 bridgehead atoms. The van der Waals surface area contributed by atoms with Crippen molar-refractivity contribution in [3.8, 4) is 11.5 Å². The normalized spacial score (nSPS) is 13.0. The van der Waals surface area contributed by atoms with Crippen LogP contribution < -0.4 is 14.8 Å². The Hall–Kier alpha value is -2.43. The maximum Gasteiger partial charge on any atom is 0.224 e. The predicted molar refractivity (Wildman–Crippen MR) is 82.5 cm³/mol. The maximum absolute atomic E-state index is 12.0. The molecule has 0 aliphatic carbocycles. The Morgan fingerprint density at radius 2 is 1.86 bits per heavy atom. The first kappa shape index (κ1) is 14.5. The molecule has 0 fully saturated rings. The minimum absolute atomic E-state index is 0.0499. The zero-order valence-electron chi connectivity index (χ0n) is 12.6. The van der Waals surface area contributed by atoms with Crippen molar-refractivity contribution >= 4 is 11.6 Å². The van der Waals surface area contributed by atoms with Gasteiger partial charge < -0.3 is 19.2 Å². The summed E-state index contributed by atoms with van der Waals surface area (Å²) in [4.78, 5) is 12.0. The first-order chi connectivity index (χ1) is 10.7. The number of fused-ring (bicyclic) bond motifs is 1. The molecule has 0 saturated carbocycles. The van der Waals surface area contributed by atoms with Gasteiger partial charge in [0.2, 0.25) is 5.91 Å². The van der Waals surface area contributed by atoms with Crippen LogP contribution in [0.2, 0.25) is 0 Å². The molecule has 1 N–H and O–H groups in total. The number of hydrogen-bond acceptors (Lipinski definition) is 4. The molecule has 2 aromatic rings. The number of furan rings is 1. The van der Waals surface area contributed by atoms with Crippen LogP contribution in [0, 0.1) is 0 Å². The maximum atomic E-state index is 12.0. The Morgan fingerprint density at radius 1 is 1.09 bits per heavy atom. The second kappa shape index (κ2) is 6.56. The van der Waals surface area contributed by atoms with E-state index in [0.717, 1.165) is 17.9 Å². The number of amides is 1. The van der Waals surface area contributed by atoms with Crippen molar-refractivity contribution in [1.29, 1.82) is 0 Å². The predicted octanol–water partition coefficient (Wildman–Crippen LogP) is 3.18. The van der Waals surface area contributed by atoms with Crippen molar-refractivity contribution in [2.75, 3.05) is 18.5 Å². The molecule has 1 aromatic carbocycles. The van der Waals surface area contributed by atoms with Gasteiger partial charge in [-0.3, -0.25) is 4.79 Å². The number of nitrogens with one attached hydrogen (secondary N) is 1. The van der Waals surface area contributed by atoms with Crippen LogP contribution in [0.3, 0.4) is 0 Å². The fourth-order valence-electron chi connectivity index (χ4n) is 2.33. The topological polar surface area (TPSA) is 60.7 Å². The summed E-state index contributed by atoms with van der Waals surface area (Å²) >= 11 is 0. The number of ether oxygens (including phenoxy) is 2. The van der Waals surface area contributed by atoms with E-state index in [1.54, 1.807) is 6.07 Å². The molecule has 22 heavy (non-hydrogen) atoms. The highest BCUT2D eigenvalue weighted by Crippen LogP contribution is 2.32. The summed E-state index contributed by atoms with van der Waals surface area (Å²) in [7, 11) is 0. The van der Waals surface area contributed by atoms with E-state index in [2.05, 4.69) is 5.32 Å². The van der Waals surface area contributed by atoms with Crippen LogP contribution >= 0.6 is 0 Å². The standard InChI is InChI=1S/C17H19NO4/c1-2-13-4-5-14(22-13)6-8-17(19)18-12-3-7-15-16(11-12)21-10-9-20-15/h3-5,7,11H,2,6,8-10H2,1H3,(H,18,19). The number of anilines is 1. The summed E-state index contributed by atoms with van der Waals surface area (Å²) in [6.07, 6.45) is 1.84. The highest BCUT2D eigenvalue weighted by molar-refractivity contribution is 5.91. The van der Waals surface area contributed by atoms with Crippen molar-refractivity contribution in [2.45, 2.75) is 26.2 Å². The molecule has 1 aliphatic heterocycles. The van der Waals surface area contributed by atoms with Crippen molar-refractivity contribution in [1.82, 2.24) is 0 Å². The smallest absolute Gasteiger partial charge is 0.224 e. The van der Waals surface area contributed by atoms with Crippen LogP contribution in [0.4, 0.5) is 5.69 Å². The van der Waals surface area contributed by atoms with E-state index in [4.69, 9.17) is 13.9 Å². The number of aryl methyl sites for hydroxylation is 2. The van der Waals surface area contributed by atoms with Crippen LogP contribution in [0.15, 0.2) is 34.7 Å². The summed E-state index contributed by atoms with van der Waals surface area (Å²) in [6.45, 7) is 3.13. The molecular formula is C17H19NO4. The van der Waals surface area contributed by atoms with E-state index in [1.165, 1.54) is 0 Å². The van der Waals surface area contributed by atoms with Gasteiger partial charge in [0.15, 0.2) is 11.5 Å². The summed E-state index contributed by atoms with van der Waals surface area (Å²) in [5.74, 6) is 3.12. The summed E-state index contributed by atoms with van der Waals surface area (Å²) in [5, 5.41) is 2.87. The van der Waals surface area contributed by atoms with Gasteiger partial charge in [0.1, 0.15) is 24.7 Å². The van der Waals surface area contributed by atoms with Crippen molar-refractivity contribution in [3.63, 3.8) is 0 Å². The zero-order valence-corrected chi connectivity index (χ0v) is 12.6. The van der Waals surface area contributed by atoms with Gasteiger partial charge in [-0.2, -0.15) is 0 Å². The van der Waals surface area contributed by atoms with E-state index in [1.807, 2.05) is 31.2 Å². The van der Waals surface area contributed by atoms with E-state index < -0.39 is 0 Å². The minimum atomic E-state index is -0.0499. The molecule has 0 unspecified atom stereocenters. The second-order valence-electron chi connectivity index (χ2n) is 5.13. The van der Waals surface area contributed by atoms with Gasteiger partial charge in [-0.25, -0.2) is 0 Å². The molecule has 0 spiro atoms. The van der Waals surface area contributed by atoms with Crippen LogP contribution in [0.25, 0.3) is 0 Å². The third-order valence-electron chi connectivity index (χ3n) is 3.49. The van der Waals surface area contributed by atoms with E-state index in [9.17, 15) is 4.79 Å². The molecule has 0 atom stereocenters. The monoisotopic (exact) mass is 301 g/mol. The van der Waals surface area contributed by atoms with Crippen molar-refractivity contribution in [3.05, 3.63) is 41.9 Å². The van der Waals surface area contributed by atoms with E-state index >= 15 is 0 Å². The number of carbonyl (C=O) groups excluding carboxylic acids is 1. The van der Waals surface area contributed by atoms with Gasteiger partial charge in [0.25, 0.3) is 0 Å². The third kappa shape index (κ3) is 3.42. The molecule has 5 nitrogen and oxygen atoms in total. The minimum Gasteiger partial charge on any atom is -0.486 e. The average molecular weight is 301 g/mol. The van der Waals surface area contributed by atoms with Crippen LogP contribution in [-0.2, 0) is 17.6 Å². The lowest BCUT2D eigenvalue weighted by Crippen LogP contribution is -2.16. The number of carbonyl (C=O) groups is 1. The molecule has 3 rings (SSSR count). The van der Waals surface area contributed by atoms with Gasteiger partial charge in [-0.05, 0) is 24.3 Å². The summed E-state index contributed by atoms with van der Waals surface area (Å²) in [5.41, 5.74) is 0.711. The van der Waals surface area contributed by atoms with Crippen molar-refractivity contribution in [2.24, 2.45) is 0 Å². The molecule has 1 amide bonds. The molecule has 1 aromatic heterocycles. The fourth-order valence-corrected chi connectivity index (χ4v) is 2.33. The first-order valence-corrected chi connectivity index (χ1v) is 7.51. The highest BCUT2D eigenvalue weighted by atomic mass is 16.6. The Morgan fingerprint density at radius 3 is 2.64 bits per heavy atom. The molecule has 116 valence electrons. The Bertz CT molecular complexity index is 662. The number of hydrogen-bond donors (Lipinski definition) is 1. The molecule has 2 heterocycles. The fraction of sp³-hybridized carbons (Fsp3) is 0.353. The van der Waals surface area contributed by atoms with E-state index in [-0.39, 0.29) is 5.91 Å². The lowest BCUT2D eigenvalue weighted by atomic mass is 10.2. The molecule has 0 radical (unpaired) electrons. The number of rotatable bonds is 5. The first-order valence-electron chi connectivity index (χ1n) is 7.51. The lowest BCUT2D eigenvalue weighted by molar-refractivity contribution is -0.116. The quantitative estimate of drug-likeness (QED) is 0.921. The summed E-state index contributed by atoms with van der Waals surface area (Å²) in [6, 6.07) is 9.29. The van der Waals surface area contributed by atoms with Crippen LogP contribution in [0.5, 0.6) is 11.5 Å². The Labute approximate surface area is 129 Å². The highest BCUT2D eigenvalue weighted by Gasteiger charge is 2.13. The van der Waals surface area contributed by atoms with Crippen molar-refractivity contribution < 1.29 is 18.7 Å². The van der Waals surface area contributed by atoms with Gasteiger partial charge >= 0.3 is 0 Å². The lowest BCUT2D eigenvalue weighted by Gasteiger charge is -2.19. The zero-order chi connectivity index (χ0) is 15.4. The van der Waals surface area contributed by atoms with Gasteiger partial charge in [-0.1, -0.05) is 6.92 Å². The molecule has 5 heteroatoms. The third-order valence-corrected chi connectivity index (χ3v) is 3.49. The molecule has 1 aliphatic rings. The largest absolute Gasteiger partial charge is 0.486 e.